The highest BCUT2D eigenvalue weighted by Crippen LogP contribution is 2.44. The minimum absolute atomic E-state index is 0.179. The molecule has 1 N–H and O–H groups in total. The first-order chi connectivity index (χ1) is 14.3. The first kappa shape index (κ1) is 22.5. The Bertz CT molecular complexity index is 1120. The van der Waals surface area contributed by atoms with Crippen LogP contribution >= 0.6 is 43.2 Å². The second kappa shape index (κ2) is 9.72. The van der Waals surface area contributed by atoms with E-state index in [4.69, 9.17) is 9.47 Å². The standard InChI is InChI=1S/C21H17Br2NO5S/c1-3-28-21(27)17-14-8-9-15(23)18(19(14)30-20(17)24-11(2)25)29-10-16(26)12-4-6-13(22)7-5-12/h4-9H,3,10H2,1-2H3,(H,24,25). The Balaban J connectivity index is 1.98. The first-order valence-corrected chi connectivity index (χ1v) is 11.3. The molecule has 3 rings (SSSR count). The average Bonchev–Trinajstić information content (AvgIpc) is 3.05. The monoisotopic (exact) mass is 553 g/mol. The van der Waals surface area contributed by atoms with Gasteiger partial charge in [-0.1, -0.05) is 34.1 Å². The van der Waals surface area contributed by atoms with Crippen LogP contribution in [0.15, 0.2) is 45.3 Å². The van der Waals surface area contributed by atoms with E-state index in [-0.39, 0.29) is 30.5 Å². The molecule has 1 aromatic heterocycles. The van der Waals surface area contributed by atoms with E-state index in [9.17, 15) is 14.4 Å². The Morgan fingerprint density at radius 1 is 1.07 bits per heavy atom. The number of esters is 1. The van der Waals surface area contributed by atoms with E-state index in [0.29, 0.717) is 30.9 Å². The van der Waals surface area contributed by atoms with Crippen molar-refractivity contribution in [3.63, 3.8) is 0 Å². The van der Waals surface area contributed by atoms with E-state index in [1.807, 2.05) is 0 Å². The van der Waals surface area contributed by atoms with Gasteiger partial charge in [0.05, 0.1) is 15.8 Å². The molecule has 0 radical (unpaired) electrons. The third-order valence-electron chi connectivity index (χ3n) is 4.05. The fourth-order valence-corrected chi connectivity index (χ4v) is 4.83. The molecule has 3 aromatic rings. The number of halogens is 2. The molecular formula is C21H17Br2NO5S. The van der Waals surface area contributed by atoms with Crippen LogP contribution in [0.3, 0.4) is 0 Å². The van der Waals surface area contributed by atoms with Crippen LogP contribution < -0.4 is 10.1 Å². The molecular weight excluding hydrogens is 538 g/mol. The number of anilines is 1. The van der Waals surface area contributed by atoms with Crippen LogP contribution in [0, 0.1) is 0 Å². The Labute approximate surface area is 193 Å². The zero-order chi connectivity index (χ0) is 21.8. The van der Waals surface area contributed by atoms with Crippen molar-refractivity contribution in [3.8, 4) is 5.75 Å². The van der Waals surface area contributed by atoms with E-state index < -0.39 is 5.97 Å². The van der Waals surface area contributed by atoms with E-state index in [1.165, 1.54) is 18.3 Å². The fraction of sp³-hybridized carbons (Fsp3) is 0.190. The predicted molar refractivity (Wildman–Crippen MR) is 124 cm³/mol. The number of hydrogen-bond acceptors (Lipinski definition) is 6. The molecule has 0 saturated carbocycles. The molecule has 0 saturated heterocycles. The number of benzene rings is 2. The van der Waals surface area contributed by atoms with Crippen molar-refractivity contribution in [2.24, 2.45) is 0 Å². The molecule has 0 aliphatic rings. The molecule has 0 fully saturated rings. The topological polar surface area (TPSA) is 81.7 Å². The molecule has 6 nitrogen and oxygen atoms in total. The van der Waals surface area contributed by atoms with Crippen molar-refractivity contribution >= 4 is 75.9 Å². The van der Waals surface area contributed by atoms with Gasteiger partial charge in [0.1, 0.15) is 10.6 Å². The number of ketones is 1. The number of carbonyl (C=O) groups is 3. The highest BCUT2D eigenvalue weighted by molar-refractivity contribution is 9.10. The summed E-state index contributed by atoms with van der Waals surface area (Å²) in [6.07, 6.45) is 0. The zero-order valence-corrected chi connectivity index (χ0v) is 20.1. The van der Waals surface area contributed by atoms with E-state index in [1.54, 1.807) is 43.3 Å². The highest BCUT2D eigenvalue weighted by Gasteiger charge is 2.24. The van der Waals surface area contributed by atoms with Crippen molar-refractivity contribution in [1.82, 2.24) is 0 Å². The average molecular weight is 555 g/mol. The summed E-state index contributed by atoms with van der Waals surface area (Å²) in [5, 5.41) is 3.63. The minimum Gasteiger partial charge on any atom is -0.483 e. The number of hydrogen-bond donors (Lipinski definition) is 1. The highest BCUT2D eigenvalue weighted by atomic mass is 79.9. The molecule has 156 valence electrons. The van der Waals surface area contributed by atoms with Gasteiger partial charge in [0.15, 0.2) is 18.1 Å². The summed E-state index contributed by atoms with van der Waals surface area (Å²) in [4.78, 5) is 36.6. The van der Waals surface area contributed by atoms with E-state index in [2.05, 4.69) is 37.2 Å². The maximum absolute atomic E-state index is 12.5. The Morgan fingerprint density at radius 2 is 1.77 bits per heavy atom. The molecule has 0 aliphatic heterocycles. The molecule has 30 heavy (non-hydrogen) atoms. The Kier molecular flexibility index (Phi) is 7.27. The predicted octanol–water partition coefficient (Wildman–Crippen LogP) is 5.82. The lowest BCUT2D eigenvalue weighted by molar-refractivity contribution is -0.114. The van der Waals surface area contributed by atoms with Gasteiger partial charge >= 0.3 is 5.97 Å². The van der Waals surface area contributed by atoms with Crippen LogP contribution in [0.4, 0.5) is 5.00 Å². The van der Waals surface area contributed by atoms with Gasteiger partial charge in [0, 0.05) is 22.3 Å². The van der Waals surface area contributed by atoms with Crippen LogP contribution in [0.25, 0.3) is 10.1 Å². The number of rotatable bonds is 7. The molecule has 1 amide bonds. The van der Waals surface area contributed by atoms with Crippen molar-refractivity contribution in [3.05, 3.63) is 56.5 Å². The SMILES string of the molecule is CCOC(=O)c1c(NC(C)=O)sc2c(OCC(=O)c3ccc(Br)cc3)c(Br)ccc12. The smallest absolute Gasteiger partial charge is 0.341 e. The number of nitrogens with one attached hydrogen (secondary N) is 1. The summed E-state index contributed by atoms with van der Waals surface area (Å²) in [6.45, 7) is 3.10. The lowest BCUT2D eigenvalue weighted by Crippen LogP contribution is -2.12. The Morgan fingerprint density at radius 3 is 2.40 bits per heavy atom. The summed E-state index contributed by atoms with van der Waals surface area (Å²) in [6, 6.07) is 10.5. The van der Waals surface area contributed by atoms with Crippen molar-refractivity contribution in [1.29, 1.82) is 0 Å². The number of thiophene rings is 1. The van der Waals surface area contributed by atoms with Crippen molar-refractivity contribution in [2.75, 3.05) is 18.5 Å². The van der Waals surface area contributed by atoms with Crippen LogP contribution in [0.2, 0.25) is 0 Å². The summed E-state index contributed by atoms with van der Waals surface area (Å²) < 4.78 is 13.1. The summed E-state index contributed by atoms with van der Waals surface area (Å²) in [5.74, 6) is -0.605. The summed E-state index contributed by atoms with van der Waals surface area (Å²) in [5.41, 5.74) is 0.794. The quantitative estimate of drug-likeness (QED) is 0.294. The molecule has 0 spiro atoms. The van der Waals surface area contributed by atoms with Crippen LogP contribution in [0.5, 0.6) is 5.75 Å². The molecule has 0 bridgehead atoms. The summed E-state index contributed by atoms with van der Waals surface area (Å²) >= 11 is 7.98. The van der Waals surface area contributed by atoms with Crippen molar-refractivity contribution < 1.29 is 23.9 Å². The Hall–Kier alpha value is -2.23. The maximum Gasteiger partial charge on any atom is 0.341 e. The van der Waals surface area contributed by atoms with E-state index >= 15 is 0 Å². The van der Waals surface area contributed by atoms with Crippen LogP contribution in [-0.2, 0) is 9.53 Å². The normalized spacial score (nSPS) is 10.7. The summed E-state index contributed by atoms with van der Waals surface area (Å²) in [7, 11) is 0. The van der Waals surface area contributed by atoms with Crippen molar-refractivity contribution in [2.45, 2.75) is 13.8 Å². The number of amides is 1. The molecule has 0 unspecified atom stereocenters. The van der Waals surface area contributed by atoms with Crippen LogP contribution in [0.1, 0.15) is 34.6 Å². The number of ether oxygens (including phenoxy) is 2. The lowest BCUT2D eigenvalue weighted by atomic mass is 10.1. The van der Waals surface area contributed by atoms with Crippen LogP contribution in [-0.4, -0.2) is 30.9 Å². The number of Topliss-reactive ketones (excluding diaryl/α,β-unsaturated/α-hetero) is 1. The second-order valence-electron chi connectivity index (χ2n) is 6.18. The fourth-order valence-electron chi connectivity index (χ4n) is 2.76. The first-order valence-electron chi connectivity index (χ1n) is 8.93. The van der Waals surface area contributed by atoms with Gasteiger partial charge in [0.2, 0.25) is 5.91 Å². The van der Waals surface area contributed by atoms with Gasteiger partial charge in [-0.25, -0.2) is 4.79 Å². The largest absolute Gasteiger partial charge is 0.483 e. The molecule has 9 heteroatoms. The third kappa shape index (κ3) is 4.91. The van der Waals surface area contributed by atoms with E-state index in [0.717, 1.165) is 4.47 Å². The van der Waals surface area contributed by atoms with Gasteiger partial charge in [-0.3, -0.25) is 9.59 Å². The van der Waals surface area contributed by atoms with Gasteiger partial charge in [-0.15, -0.1) is 11.3 Å². The minimum atomic E-state index is -0.535. The number of carbonyl (C=O) groups excluding carboxylic acids is 3. The molecule has 0 aliphatic carbocycles. The maximum atomic E-state index is 12.5. The molecule has 0 atom stereocenters. The second-order valence-corrected chi connectivity index (χ2v) is 8.97. The number of fused-ring (bicyclic) bond motifs is 1. The molecule has 2 aromatic carbocycles. The van der Waals surface area contributed by atoms with Gasteiger partial charge in [-0.05, 0) is 41.1 Å². The van der Waals surface area contributed by atoms with Gasteiger partial charge in [0.25, 0.3) is 0 Å². The lowest BCUT2D eigenvalue weighted by Gasteiger charge is -2.09. The zero-order valence-electron chi connectivity index (χ0n) is 16.1. The van der Waals surface area contributed by atoms with Gasteiger partial charge in [-0.2, -0.15) is 0 Å². The third-order valence-corrected chi connectivity index (χ3v) is 6.32. The van der Waals surface area contributed by atoms with Gasteiger partial charge < -0.3 is 14.8 Å². The molecule has 1 heterocycles.